The Balaban J connectivity index is 1.97. The van der Waals surface area contributed by atoms with Gasteiger partial charge in [0.25, 0.3) is 0 Å². The zero-order chi connectivity index (χ0) is 19.8. The molecule has 1 N–H and O–H groups in total. The molecule has 0 unspecified atom stereocenters. The molecule has 2 fully saturated rings. The average Bonchev–Trinajstić information content (AvgIpc) is 2.67. The molecule has 0 bridgehead atoms. The Hall–Kier alpha value is -1.35. The second kappa shape index (κ2) is 7.58. The number of sulfonamides is 1. The number of piperidine rings is 2. The fraction of sp³-hybridized carbons (Fsp3) is 0.684. The van der Waals surface area contributed by atoms with Gasteiger partial charge in [-0.25, -0.2) is 8.42 Å². The van der Waals surface area contributed by atoms with Gasteiger partial charge >= 0.3 is 0 Å². The van der Waals surface area contributed by atoms with Gasteiger partial charge in [0.15, 0.2) is 0 Å². The van der Waals surface area contributed by atoms with Crippen molar-refractivity contribution >= 4 is 10.0 Å². The van der Waals surface area contributed by atoms with Gasteiger partial charge in [-0.05, 0) is 51.4 Å². The van der Waals surface area contributed by atoms with Crippen molar-refractivity contribution in [2.75, 3.05) is 47.5 Å². The fourth-order valence-electron chi connectivity index (χ4n) is 4.57. The SMILES string of the molecule is COc1cc(S(=O)(=O)N2CC[C@@]3(CO)CCCN(C)[C@@H]3C2)c(OC)cc1C. The van der Waals surface area contributed by atoms with Crippen LogP contribution in [0.4, 0.5) is 0 Å². The predicted octanol–water partition coefficient (Wildman–Crippen LogP) is 1.48. The second-order valence-corrected chi connectivity index (χ2v) is 9.61. The van der Waals surface area contributed by atoms with Crippen LogP contribution in [-0.2, 0) is 10.0 Å². The van der Waals surface area contributed by atoms with Crippen LogP contribution in [0.5, 0.6) is 11.5 Å². The number of hydrogen-bond donors (Lipinski definition) is 1. The first-order chi connectivity index (χ1) is 12.8. The van der Waals surface area contributed by atoms with Crippen molar-refractivity contribution in [1.29, 1.82) is 0 Å². The maximum atomic E-state index is 13.4. The smallest absolute Gasteiger partial charge is 0.246 e. The Morgan fingerprint density at radius 1 is 1.19 bits per heavy atom. The summed E-state index contributed by atoms with van der Waals surface area (Å²) in [4.78, 5) is 2.32. The molecule has 2 aliphatic rings. The van der Waals surface area contributed by atoms with E-state index < -0.39 is 10.0 Å². The zero-order valence-corrected chi connectivity index (χ0v) is 17.4. The van der Waals surface area contributed by atoms with E-state index in [-0.39, 0.29) is 23.0 Å². The predicted molar refractivity (Wildman–Crippen MR) is 103 cm³/mol. The zero-order valence-electron chi connectivity index (χ0n) is 16.6. The Morgan fingerprint density at radius 3 is 2.52 bits per heavy atom. The van der Waals surface area contributed by atoms with Gasteiger partial charge in [0.2, 0.25) is 10.0 Å². The highest BCUT2D eigenvalue weighted by atomic mass is 32.2. The highest BCUT2D eigenvalue weighted by Gasteiger charge is 2.49. The van der Waals surface area contributed by atoms with E-state index in [2.05, 4.69) is 4.90 Å². The lowest BCUT2D eigenvalue weighted by molar-refractivity contribution is -0.0508. The van der Waals surface area contributed by atoms with Crippen LogP contribution in [0, 0.1) is 12.3 Å². The van der Waals surface area contributed by atoms with Crippen molar-refractivity contribution in [2.24, 2.45) is 5.41 Å². The van der Waals surface area contributed by atoms with E-state index in [1.54, 1.807) is 12.1 Å². The monoisotopic (exact) mass is 398 g/mol. The van der Waals surface area contributed by atoms with Crippen LogP contribution in [0.1, 0.15) is 24.8 Å². The first-order valence-electron chi connectivity index (χ1n) is 9.33. The van der Waals surface area contributed by atoms with Gasteiger partial charge in [-0.3, -0.25) is 0 Å². The number of aliphatic hydroxyl groups excluding tert-OH is 1. The summed E-state index contributed by atoms with van der Waals surface area (Å²) >= 11 is 0. The summed E-state index contributed by atoms with van der Waals surface area (Å²) in [5.41, 5.74) is 0.604. The second-order valence-electron chi connectivity index (χ2n) is 7.71. The lowest BCUT2D eigenvalue weighted by Gasteiger charge is -2.53. The molecule has 1 aromatic carbocycles. The number of methoxy groups -OCH3 is 2. The molecule has 8 heteroatoms. The average molecular weight is 399 g/mol. The van der Waals surface area contributed by atoms with Gasteiger partial charge in [0, 0.05) is 30.6 Å². The minimum atomic E-state index is -3.74. The van der Waals surface area contributed by atoms with Crippen LogP contribution in [0.2, 0.25) is 0 Å². The van der Waals surface area contributed by atoms with Crippen LogP contribution in [0.15, 0.2) is 17.0 Å². The van der Waals surface area contributed by atoms with Gasteiger partial charge in [-0.15, -0.1) is 0 Å². The summed E-state index contributed by atoms with van der Waals surface area (Å²) in [6, 6.07) is 3.25. The van der Waals surface area contributed by atoms with Crippen molar-refractivity contribution in [2.45, 2.75) is 37.1 Å². The number of likely N-dealkylation sites (N-methyl/N-ethyl adjacent to an activating group) is 1. The van der Waals surface area contributed by atoms with E-state index in [4.69, 9.17) is 9.47 Å². The summed E-state index contributed by atoms with van der Waals surface area (Å²) in [6.07, 6.45) is 2.63. The molecule has 27 heavy (non-hydrogen) atoms. The first kappa shape index (κ1) is 20.4. The number of nitrogens with zero attached hydrogens (tertiary/aromatic N) is 2. The van der Waals surface area contributed by atoms with Crippen molar-refractivity contribution in [3.63, 3.8) is 0 Å². The van der Waals surface area contributed by atoms with Crippen molar-refractivity contribution in [3.05, 3.63) is 17.7 Å². The normalized spacial score (nSPS) is 27.2. The summed E-state index contributed by atoms with van der Waals surface area (Å²) in [7, 11) is 1.27. The molecular weight excluding hydrogens is 368 g/mol. The van der Waals surface area contributed by atoms with Crippen LogP contribution in [0.25, 0.3) is 0 Å². The quantitative estimate of drug-likeness (QED) is 0.809. The molecule has 0 radical (unpaired) electrons. The molecule has 1 aromatic rings. The third-order valence-electron chi connectivity index (χ3n) is 6.27. The topological polar surface area (TPSA) is 79.3 Å². The maximum absolute atomic E-state index is 13.4. The van der Waals surface area contributed by atoms with Crippen LogP contribution >= 0.6 is 0 Å². The number of rotatable bonds is 5. The molecule has 0 amide bonds. The molecule has 3 rings (SSSR count). The number of benzene rings is 1. The lowest BCUT2D eigenvalue weighted by atomic mass is 9.69. The molecule has 7 nitrogen and oxygen atoms in total. The summed E-state index contributed by atoms with van der Waals surface area (Å²) < 4.78 is 39.1. The minimum absolute atomic E-state index is 0.0121. The molecular formula is C19H30N2O5S. The molecule has 0 aliphatic carbocycles. The van der Waals surface area contributed by atoms with E-state index in [0.29, 0.717) is 31.0 Å². The van der Waals surface area contributed by atoms with E-state index in [1.807, 2.05) is 14.0 Å². The maximum Gasteiger partial charge on any atom is 0.246 e. The summed E-state index contributed by atoms with van der Waals surface area (Å²) in [5, 5.41) is 10.1. The third-order valence-corrected chi connectivity index (χ3v) is 8.16. The largest absolute Gasteiger partial charge is 0.496 e. The Kier molecular flexibility index (Phi) is 5.72. The summed E-state index contributed by atoms with van der Waals surface area (Å²) in [5.74, 6) is 0.843. The molecule has 152 valence electrons. The highest BCUT2D eigenvalue weighted by Crippen LogP contribution is 2.43. The molecule has 0 aromatic heterocycles. The van der Waals surface area contributed by atoms with Gasteiger partial charge < -0.3 is 19.5 Å². The summed E-state index contributed by atoms with van der Waals surface area (Å²) in [6.45, 7) is 3.64. The van der Waals surface area contributed by atoms with Crippen LogP contribution < -0.4 is 9.47 Å². The van der Waals surface area contributed by atoms with E-state index in [9.17, 15) is 13.5 Å². The van der Waals surface area contributed by atoms with Gasteiger partial charge in [-0.2, -0.15) is 4.31 Å². The van der Waals surface area contributed by atoms with Crippen LogP contribution in [0.3, 0.4) is 0 Å². The number of aliphatic hydroxyl groups is 1. The molecule has 2 saturated heterocycles. The molecule has 2 aliphatic heterocycles. The highest BCUT2D eigenvalue weighted by molar-refractivity contribution is 7.89. The van der Waals surface area contributed by atoms with Crippen LogP contribution in [-0.4, -0.2) is 76.3 Å². The Morgan fingerprint density at radius 2 is 1.89 bits per heavy atom. The van der Waals surface area contributed by atoms with Gasteiger partial charge in [-0.1, -0.05) is 0 Å². The standard InChI is InChI=1S/C19H30N2O5S/c1-14-10-16(26-4)17(11-15(14)25-3)27(23,24)21-9-7-19(13-22)6-5-8-20(2)18(19)12-21/h10-11,18,22H,5-9,12-13H2,1-4H3/t18-,19-/m1/s1. The van der Waals surface area contributed by atoms with E-state index in [1.165, 1.54) is 18.5 Å². The molecule has 2 atom stereocenters. The van der Waals surface area contributed by atoms with Crippen molar-refractivity contribution < 1.29 is 23.0 Å². The molecule has 2 heterocycles. The first-order valence-corrected chi connectivity index (χ1v) is 10.8. The Labute approximate surface area is 161 Å². The minimum Gasteiger partial charge on any atom is -0.496 e. The fourth-order valence-corrected chi connectivity index (χ4v) is 6.17. The third kappa shape index (κ3) is 3.44. The van der Waals surface area contributed by atoms with Gasteiger partial charge in [0.05, 0.1) is 20.8 Å². The number of ether oxygens (including phenoxy) is 2. The number of hydrogen-bond acceptors (Lipinski definition) is 6. The lowest BCUT2D eigenvalue weighted by Crippen LogP contribution is -2.62. The van der Waals surface area contributed by atoms with Crippen molar-refractivity contribution in [3.8, 4) is 11.5 Å². The van der Waals surface area contributed by atoms with E-state index in [0.717, 1.165) is 24.9 Å². The molecule has 0 saturated carbocycles. The Bertz CT molecular complexity index is 798. The van der Waals surface area contributed by atoms with Crippen molar-refractivity contribution in [1.82, 2.24) is 9.21 Å². The number of fused-ring (bicyclic) bond motifs is 1. The molecule has 0 spiro atoms. The van der Waals surface area contributed by atoms with Gasteiger partial charge in [0.1, 0.15) is 16.4 Å². The number of likely N-dealkylation sites (tertiary alicyclic amines) is 1. The van der Waals surface area contributed by atoms with E-state index >= 15 is 0 Å². The number of aryl methyl sites for hydroxylation is 1.